The van der Waals surface area contributed by atoms with Crippen molar-refractivity contribution in [3.8, 4) is 0 Å². The first-order valence-corrected chi connectivity index (χ1v) is 8.28. The molecule has 0 radical (unpaired) electrons. The topological polar surface area (TPSA) is 12.0 Å². The number of rotatable bonds is 6. The van der Waals surface area contributed by atoms with Crippen LogP contribution in [0.2, 0.25) is 0 Å². The van der Waals surface area contributed by atoms with Crippen LogP contribution in [-0.4, -0.2) is 13.3 Å². The smallest absolute Gasteiger partial charge is 0.0332 e. The Kier molecular flexibility index (Phi) is 5.29. The number of hydrogen-bond donors (Lipinski definition) is 1. The molecule has 1 nitrogen and oxygen atoms in total. The second-order valence-electron chi connectivity index (χ2n) is 4.20. The lowest BCUT2D eigenvalue weighted by molar-refractivity contribution is 0.543. The minimum absolute atomic E-state index is 0.441. The summed E-state index contributed by atoms with van der Waals surface area (Å²) in [4.78, 5) is 2.85. The molecule has 0 aliphatic heterocycles. The van der Waals surface area contributed by atoms with Gasteiger partial charge in [-0.25, -0.2) is 0 Å². The maximum Gasteiger partial charge on any atom is 0.0332 e. The molecule has 18 heavy (non-hydrogen) atoms. The Bertz CT molecular complexity index is 465. The molecule has 1 unspecified atom stereocenters. The number of aryl methyl sites for hydroxylation is 1. The SMILES string of the molecule is CNC(CCc1cccs1)c1ccccc1SC. The summed E-state index contributed by atoms with van der Waals surface area (Å²) >= 11 is 3.67. The van der Waals surface area contributed by atoms with Crippen molar-refractivity contribution in [2.24, 2.45) is 0 Å². The minimum atomic E-state index is 0.441. The molecule has 0 aliphatic rings. The average molecular weight is 277 g/mol. The van der Waals surface area contributed by atoms with E-state index in [-0.39, 0.29) is 0 Å². The van der Waals surface area contributed by atoms with E-state index in [1.54, 1.807) is 0 Å². The fraction of sp³-hybridized carbons (Fsp3) is 0.333. The average Bonchev–Trinajstić information content (AvgIpc) is 2.93. The predicted molar refractivity (Wildman–Crippen MR) is 82.7 cm³/mol. The van der Waals surface area contributed by atoms with E-state index in [0.29, 0.717) is 6.04 Å². The van der Waals surface area contributed by atoms with Gasteiger partial charge < -0.3 is 5.32 Å². The van der Waals surface area contributed by atoms with Crippen molar-refractivity contribution >= 4 is 23.1 Å². The Balaban J connectivity index is 2.08. The molecule has 96 valence electrons. The highest BCUT2D eigenvalue weighted by molar-refractivity contribution is 7.98. The van der Waals surface area contributed by atoms with Crippen LogP contribution in [0.15, 0.2) is 46.7 Å². The maximum absolute atomic E-state index is 3.45. The molecule has 0 saturated carbocycles. The van der Waals surface area contributed by atoms with Crippen molar-refractivity contribution in [1.82, 2.24) is 5.32 Å². The Morgan fingerprint density at radius 2 is 2.06 bits per heavy atom. The predicted octanol–water partition coefficient (Wildman–Crippen LogP) is 4.36. The summed E-state index contributed by atoms with van der Waals surface area (Å²) in [6.45, 7) is 0. The molecule has 2 aromatic rings. The number of hydrogen-bond acceptors (Lipinski definition) is 3. The van der Waals surface area contributed by atoms with E-state index < -0.39 is 0 Å². The van der Waals surface area contributed by atoms with Gasteiger partial charge >= 0.3 is 0 Å². The Morgan fingerprint density at radius 3 is 2.72 bits per heavy atom. The molecule has 1 aromatic heterocycles. The largest absolute Gasteiger partial charge is 0.313 e. The molecule has 0 fully saturated rings. The normalized spacial score (nSPS) is 12.6. The zero-order valence-electron chi connectivity index (χ0n) is 10.8. The van der Waals surface area contributed by atoms with Crippen molar-refractivity contribution in [2.75, 3.05) is 13.3 Å². The summed E-state index contributed by atoms with van der Waals surface area (Å²) < 4.78 is 0. The van der Waals surface area contributed by atoms with Gasteiger partial charge in [-0.15, -0.1) is 23.1 Å². The lowest BCUT2D eigenvalue weighted by Gasteiger charge is -2.19. The zero-order valence-corrected chi connectivity index (χ0v) is 12.5. The Labute approximate surface area is 118 Å². The summed E-state index contributed by atoms with van der Waals surface area (Å²) in [5.41, 5.74) is 1.42. The standard InChI is InChI=1S/C15H19NS2/c1-16-14(10-9-12-6-5-11-18-12)13-7-3-4-8-15(13)17-2/h3-8,11,14,16H,9-10H2,1-2H3. The van der Waals surface area contributed by atoms with E-state index in [1.165, 1.54) is 15.3 Å². The number of thioether (sulfide) groups is 1. The quantitative estimate of drug-likeness (QED) is 0.787. The van der Waals surface area contributed by atoms with Crippen molar-refractivity contribution in [1.29, 1.82) is 0 Å². The number of benzene rings is 1. The maximum atomic E-state index is 3.45. The summed E-state index contributed by atoms with van der Waals surface area (Å²) in [6.07, 6.45) is 4.44. The van der Waals surface area contributed by atoms with Crippen LogP contribution >= 0.6 is 23.1 Å². The second kappa shape index (κ2) is 6.98. The van der Waals surface area contributed by atoms with Crippen molar-refractivity contribution < 1.29 is 0 Å². The van der Waals surface area contributed by atoms with Gasteiger partial charge in [0.15, 0.2) is 0 Å². The zero-order chi connectivity index (χ0) is 12.8. The van der Waals surface area contributed by atoms with Gasteiger partial charge in [-0.2, -0.15) is 0 Å². The minimum Gasteiger partial charge on any atom is -0.313 e. The molecular weight excluding hydrogens is 258 g/mol. The summed E-state index contributed by atoms with van der Waals surface area (Å²) in [6, 6.07) is 13.5. The van der Waals surface area contributed by atoms with Crippen LogP contribution in [0, 0.1) is 0 Å². The van der Waals surface area contributed by atoms with Crippen LogP contribution in [-0.2, 0) is 6.42 Å². The van der Waals surface area contributed by atoms with Crippen LogP contribution in [0.25, 0.3) is 0 Å². The fourth-order valence-corrected chi connectivity index (χ4v) is 3.54. The van der Waals surface area contributed by atoms with Crippen molar-refractivity contribution in [3.63, 3.8) is 0 Å². The fourth-order valence-electron chi connectivity index (χ4n) is 2.15. The molecule has 1 atom stereocenters. The molecule has 0 aliphatic carbocycles. The molecule has 0 saturated heterocycles. The molecule has 0 amide bonds. The van der Waals surface area contributed by atoms with Gasteiger partial charge in [0.25, 0.3) is 0 Å². The van der Waals surface area contributed by atoms with Crippen molar-refractivity contribution in [3.05, 3.63) is 52.2 Å². The Morgan fingerprint density at radius 1 is 1.22 bits per heavy atom. The van der Waals surface area contributed by atoms with Gasteiger partial charge in [-0.3, -0.25) is 0 Å². The van der Waals surface area contributed by atoms with E-state index in [1.807, 2.05) is 23.1 Å². The molecule has 2 rings (SSSR count). The third kappa shape index (κ3) is 3.37. The summed E-state index contributed by atoms with van der Waals surface area (Å²) in [7, 11) is 2.05. The first-order valence-electron chi connectivity index (χ1n) is 6.17. The monoisotopic (exact) mass is 277 g/mol. The van der Waals surface area contributed by atoms with E-state index in [0.717, 1.165) is 12.8 Å². The highest BCUT2D eigenvalue weighted by Gasteiger charge is 2.12. The van der Waals surface area contributed by atoms with Crippen LogP contribution in [0.1, 0.15) is 22.9 Å². The lowest BCUT2D eigenvalue weighted by Crippen LogP contribution is -2.17. The molecule has 0 bridgehead atoms. The third-order valence-corrected chi connectivity index (χ3v) is 4.87. The Hall–Kier alpha value is -0.770. The number of thiophene rings is 1. The first kappa shape index (κ1) is 13.7. The third-order valence-electron chi connectivity index (χ3n) is 3.12. The van der Waals surface area contributed by atoms with Gasteiger partial charge in [0.1, 0.15) is 0 Å². The molecule has 3 heteroatoms. The summed E-state index contributed by atoms with van der Waals surface area (Å²) in [5, 5.41) is 5.60. The van der Waals surface area contributed by atoms with Crippen molar-refractivity contribution in [2.45, 2.75) is 23.8 Å². The van der Waals surface area contributed by atoms with Gasteiger partial charge in [0.05, 0.1) is 0 Å². The van der Waals surface area contributed by atoms with E-state index in [2.05, 4.69) is 60.4 Å². The highest BCUT2D eigenvalue weighted by Crippen LogP contribution is 2.28. The van der Waals surface area contributed by atoms with Gasteiger partial charge in [0.2, 0.25) is 0 Å². The number of nitrogens with one attached hydrogen (secondary N) is 1. The van der Waals surface area contributed by atoms with Gasteiger partial charge in [0, 0.05) is 15.8 Å². The second-order valence-corrected chi connectivity index (χ2v) is 6.08. The van der Waals surface area contributed by atoms with Gasteiger partial charge in [-0.1, -0.05) is 24.3 Å². The molecule has 0 spiro atoms. The first-order chi connectivity index (χ1) is 8.85. The van der Waals surface area contributed by atoms with E-state index >= 15 is 0 Å². The van der Waals surface area contributed by atoms with Crippen LogP contribution in [0.3, 0.4) is 0 Å². The van der Waals surface area contributed by atoms with Crippen LogP contribution in [0.5, 0.6) is 0 Å². The lowest BCUT2D eigenvalue weighted by atomic mass is 10.0. The molecule has 1 aromatic carbocycles. The van der Waals surface area contributed by atoms with E-state index in [9.17, 15) is 0 Å². The van der Waals surface area contributed by atoms with Crippen LogP contribution < -0.4 is 5.32 Å². The van der Waals surface area contributed by atoms with Crippen LogP contribution in [0.4, 0.5) is 0 Å². The summed E-state index contributed by atoms with van der Waals surface area (Å²) in [5.74, 6) is 0. The highest BCUT2D eigenvalue weighted by atomic mass is 32.2. The molecule has 1 N–H and O–H groups in total. The molecule has 1 heterocycles. The molecular formula is C15H19NS2. The van der Waals surface area contributed by atoms with Gasteiger partial charge in [-0.05, 0) is 49.2 Å². The van der Waals surface area contributed by atoms with E-state index in [4.69, 9.17) is 0 Å².